The summed E-state index contributed by atoms with van der Waals surface area (Å²) in [5, 5.41) is 0. The summed E-state index contributed by atoms with van der Waals surface area (Å²) in [6.45, 7) is 2.32. The molecule has 18 heavy (non-hydrogen) atoms. The number of halogens is 3. The fourth-order valence-electron chi connectivity index (χ4n) is 1.22. The van der Waals surface area contributed by atoms with Crippen LogP contribution in [0.25, 0.3) is 0 Å². The van der Waals surface area contributed by atoms with Gasteiger partial charge in [-0.3, -0.25) is 0 Å². The van der Waals surface area contributed by atoms with E-state index in [4.69, 9.17) is 0 Å². The van der Waals surface area contributed by atoms with Crippen molar-refractivity contribution in [2.45, 2.75) is 24.7 Å². The molecular weight excluding hydrogens is 283 g/mol. The van der Waals surface area contributed by atoms with Crippen LogP contribution in [-0.4, -0.2) is 12.7 Å². The number of hydrogen-bond acceptors (Lipinski definition) is 1. The van der Waals surface area contributed by atoms with Gasteiger partial charge >= 0.3 is 58.4 Å². The van der Waals surface area contributed by atoms with Gasteiger partial charge in [0.25, 0.3) is 0 Å². The van der Waals surface area contributed by atoms with Crippen LogP contribution in [0.4, 0.5) is 12.9 Å². The Bertz CT molecular complexity index is 387. The second-order valence-electron chi connectivity index (χ2n) is 4.25. The molecule has 0 aromatic heterocycles. The molecule has 0 unspecified atom stereocenters. The van der Waals surface area contributed by atoms with Crippen molar-refractivity contribution >= 4 is 18.7 Å². The van der Waals surface area contributed by atoms with Crippen LogP contribution in [0.5, 0.6) is 0 Å². The van der Waals surface area contributed by atoms with E-state index in [1.165, 1.54) is 17.3 Å². The van der Waals surface area contributed by atoms with Crippen molar-refractivity contribution in [2.24, 2.45) is 0 Å². The molecule has 0 nitrogen and oxygen atoms in total. The average Bonchev–Trinajstić information content (AvgIpc) is 2.25. The van der Waals surface area contributed by atoms with Crippen LogP contribution in [0.1, 0.15) is 25.3 Å². The molecule has 1 aromatic rings. The van der Waals surface area contributed by atoms with Gasteiger partial charge in [-0.05, 0) is 29.4 Å². The molecule has 94 valence electrons. The molecule has 0 radical (unpaired) electrons. The van der Waals surface area contributed by atoms with Crippen LogP contribution in [0.2, 0.25) is 0 Å². The summed E-state index contributed by atoms with van der Waals surface area (Å²) >= 11 is 1.17. The number of hydrogen-bond donors (Lipinski definition) is 0. The zero-order valence-corrected chi connectivity index (χ0v) is 14.9. The molecule has 0 saturated heterocycles. The minimum atomic E-state index is -4.90. The molecule has 0 atom stereocenters. The van der Waals surface area contributed by atoms with Crippen LogP contribution in [0.15, 0.2) is 41.2 Å². The largest absolute Gasteiger partial charge is 1.00 e. The third-order valence-electron chi connectivity index (χ3n) is 2.43. The van der Waals surface area contributed by atoms with E-state index in [1.807, 2.05) is 24.3 Å². The van der Waals surface area contributed by atoms with Gasteiger partial charge in [0, 0.05) is 4.90 Å². The van der Waals surface area contributed by atoms with Gasteiger partial charge in [-0.15, -0.1) is 23.8 Å². The van der Waals surface area contributed by atoms with Crippen molar-refractivity contribution in [2.75, 3.05) is 5.75 Å². The summed E-state index contributed by atoms with van der Waals surface area (Å²) in [5.41, 5.74) is 0.552. The molecular formula is C12H15BF3KS. The van der Waals surface area contributed by atoms with E-state index in [9.17, 15) is 12.9 Å². The maximum atomic E-state index is 12.3. The minimum absolute atomic E-state index is 0. The van der Waals surface area contributed by atoms with Crippen LogP contribution in [0.3, 0.4) is 0 Å². The third kappa shape index (κ3) is 6.30. The smallest absolute Gasteiger partial charge is 0.445 e. The number of thioether (sulfide) groups is 1. The van der Waals surface area contributed by atoms with Gasteiger partial charge in [0.1, 0.15) is 0 Å². The Hall–Kier alpha value is 0.801. The quantitative estimate of drug-likeness (QED) is 0.590. The van der Waals surface area contributed by atoms with Crippen LogP contribution < -0.4 is 51.4 Å². The van der Waals surface area contributed by atoms with E-state index < -0.39 is 12.4 Å². The Morgan fingerprint density at radius 2 is 1.72 bits per heavy atom. The summed E-state index contributed by atoms with van der Waals surface area (Å²) in [5.74, 6) is 0.340. The molecule has 1 aromatic carbocycles. The first-order valence-corrected chi connectivity index (χ1v) is 6.39. The van der Waals surface area contributed by atoms with Crippen molar-refractivity contribution in [3.63, 3.8) is 0 Å². The Labute approximate surface area is 153 Å². The van der Waals surface area contributed by atoms with Gasteiger partial charge in [0.05, 0.1) is 0 Å². The third-order valence-corrected chi connectivity index (χ3v) is 3.55. The molecule has 0 saturated carbocycles. The Kier molecular flexibility index (Phi) is 8.53. The zero-order chi connectivity index (χ0) is 13.1. The molecule has 0 N–H and O–H groups in total. The normalized spacial score (nSPS) is 11.2. The number of benzene rings is 1. The fourth-order valence-corrected chi connectivity index (χ4v) is 2.09. The summed E-state index contributed by atoms with van der Waals surface area (Å²) in [6.07, 6.45) is 0. The number of rotatable bonds is 5. The molecule has 1 rings (SSSR count). The van der Waals surface area contributed by atoms with Crippen molar-refractivity contribution in [1.82, 2.24) is 0 Å². The molecule has 0 aliphatic carbocycles. The fraction of sp³-hybridized carbons (Fsp3) is 0.333. The summed E-state index contributed by atoms with van der Waals surface area (Å²) in [4.78, 5) is 0.843. The maximum Gasteiger partial charge on any atom is 1.00 e. The first-order valence-electron chi connectivity index (χ1n) is 5.41. The van der Waals surface area contributed by atoms with E-state index in [2.05, 4.69) is 20.4 Å². The molecule has 0 spiro atoms. The van der Waals surface area contributed by atoms with Crippen molar-refractivity contribution in [3.8, 4) is 0 Å². The van der Waals surface area contributed by atoms with Crippen molar-refractivity contribution < 1.29 is 64.3 Å². The first-order chi connectivity index (χ1) is 7.80. The standard InChI is InChI=1S/C12H15BF3S.K/c1-9(2)11-4-6-12(7-5-11)17-8-10(3)13(14,15)16;/h4-7,9H,3,8H2,1-2H3;/q-1;+1. The van der Waals surface area contributed by atoms with E-state index in [-0.39, 0.29) is 57.1 Å². The molecule has 0 amide bonds. The molecule has 0 aliphatic heterocycles. The summed E-state index contributed by atoms with van der Waals surface area (Å²) in [7, 11) is 0. The van der Waals surface area contributed by atoms with Gasteiger partial charge in [-0.25, -0.2) is 0 Å². The SMILES string of the molecule is C=C(CSc1ccc(C(C)C)cc1)[B-](F)(F)F.[K+]. The van der Waals surface area contributed by atoms with E-state index in [0.717, 1.165) is 4.90 Å². The average molecular weight is 298 g/mol. The Morgan fingerprint density at radius 3 is 2.11 bits per heavy atom. The summed E-state index contributed by atoms with van der Waals surface area (Å²) < 4.78 is 36.8. The molecule has 0 aliphatic rings. The molecule has 6 heteroatoms. The first kappa shape index (κ1) is 18.8. The van der Waals surface area contributed by atoms with E-state index in [1.54, 1.807) is 0 Å². The second-order valence-corrected chi connectivity index (χ2v) is 5.29. The maximum absolute atomic E-state index is 12.3. The van der Waals surface area contributed by atoms with Crippen molar-refractivity contribution in [1.29, 1.82) is 0 Å². The zero-order valence-electron chi connectivity index (χ0n) is 10.9. The molecule has 0 heterocycles. The van der Waals surface area contributed by atoms with Crippen LogP contribution >= 0.6 is 11.8 Å². The van der Waals surface area contributed by atoms with Gasteiger partial charge in [-0.2, -0.15) is 0 Å². The molecule has 0 bridgehead atoms. The Balaban J connectivity index is 0.00000289. The summed E-state index contributed by atoms with van der Waals surface area (Å²) in [6, 6.07) is 7.62. The van der Waals surface area contributed by atoms with E-state index >= 15 is 0 Å². The van der Waals surface area contributed by atoms with Crippen LogP contribution in [0, 0.1) is 0 Å². The predicted octanol–water partition coefficient (Wildman–Crippen LogP) is 1.85. The van der Waals surface area contributed by atoms with Gasteiger partial charge < -0.3 is 12.9 Å². The van der Waals surface area contributed by atoms with Gasteiger partial charge in [0.15, 0.2) is 0 Å². The second kappa shape index (κ2) is 8.17. The van der Waals surface area contributed by atoms with E-state index in [0.29, 0.717) is 5.92 Å². The molecule has 0 fully saturated rings. The topological polar surface area (TPSA) is 0 Å². The predicted molar refractivity (Wildman–Crippen MR) is 69.5 cm³/mol. The van der Waals surface area contributed by atoms with Gasteiger partial charge in [-0.1, -0.05) is 26.0 Å². The van der Waals surface area contributed by atoms with Gasteiger partial charge in [0.2, 0.25) is 0 Å². The van der Waals surface area contributed by atoms with Crippen LogP contribution in [-0.2, 0) is 0 Å². The van der Waals surface area contributed by atoms with Crippen molar-refractivity contribution in [3.05, 3.63) is 41.9 Å². The Morgan fingerprint density at radius 1 is 1.22 bits per heavy atom. The minimum Gasteiger partial charge on any atom is -0.445 e. The monoisotopic (exact) mass is 298 g/mol.